The van der Waals surface area contributed by atoms with Crippen LogP contribution in [0.25, 0.3) is 0 Å². The van der Waals surface area contributed by atoms with Crippen LogP contribution in [0.1, 0.15) is 16.0 Å². The van der Waals surface area contributed by atoms with Crippen molar-refractivity contribution in [1.82, 2.24) is 25.1 Å². The number of hydrogen-bond donors (Lipinski definition) is 1. The minimum atomic E-state index is -0.231. The van der Waals surface area contributed by atoms with E-state index in [1.807, 2.05) is 49.6 Å². The number of tetrazole rings is 1. The molecule has 2 amide bonds. The summed E-state index contributed by atoms with van der Waals surface area (Å²) in [5, 5.41) is 17.1. The van der Waals surface area contributed by atoms with Crippen LogP contribution in [0.3, 0.4) is 0 Å². The van der Waals surface area contributed by atoms with Crippen molar-refractivity contribution >= 4 is 40.6 Å². The predicted octanol–water partition coefficient (Wildman–Crippen LogP) is 2.59. The molecule has 0 unspecified atom stereocenters. The van der Waals surface area contributed by atoms with Crippen LogP contribution in [0.5, 0.6) is 0 Å². The number of carbonyl (C=O) groups excluding carboxylic acids is 2. The number of hydrogen-bond acceptors (Lipinski definition) is 7. The molecule has 10 heteroatoms. The zero-order chi connectivity index (χ0) is 20.8. The van der Waals surface area contributed by atoms with E-state index in [0.29, 0.717) is 11.7 Å². The summed E-state index contributed by atoms with van der Waals surface area (Å²) < 4.78 is 1.66. The van der Waals surface area contributed by atoms with Crippen LogP contribution in [0.4, 0.5) is 5.69 Å². The van der Waals surface area contributed by atoms with Crippen LogP contribution in [-0.4, -0.2) is 56.3 Å². The Hall–Kier alpha value is -2.72. The molecule has 0 aliphatic rings. The van der Waals surface area contributed by atoms with Crippen LogP contribution in [0.2, 0.25) is 0 Å². The number of amides is 2. The Kier molecular flexibility index (Phi) is 6.99. The molecule has 8 nitrogen and oxygen atoms in total. The third-order valence-corrected chi connectivity index (χ3v) is 6.06. The maximum absolute atomic E-state index is 12.4. The van der Waals surface area contributed by atoms with E-state index in [0.717, 1.165) is 21.7 Å². The summed E-state index contributed by atoms with van der Waals surface area (Å²) in [4.78, 5) is 27.3. The van der Waals surface area contributed by atoms with Crippen LogP contribution >= 0.6 is 23.1 Å². The Labute approximate surface area is 177 Å². The number of aryl methyl sites for hydroxylation is 2. The standard InChI is InChI=1S/C19H22N6O2S2/c1-13-6-4-7-14(2)18(13)20-16(26)11-24(3)17(27)12-29-19-21-22-23-25(19)10-15-8-5-9-28-15/h4-9H,10-12H2,1-3H3,(H,20,26). The number of benzene rings is 1. The number of para-hydroxylation sites is 1. The lowest BCUT2D eigenvalue weighted by Crippen LogP contribution is -2.36. The average molecular weight is 431 g/mol. The summed E-state index contributed by atoms with van der Waals surface area (Å²) >= 11 is 2.88. The Balaban J connectivity index is 1.51. The fraction of sp³-hybridized carbons (Fsp3) is 0.316. The lowest BCUT2D eigenvalue weighted by Gasteiger charge is -2.18. The van der Waals surface area contributed by atoms with Crippen molar-refractivity contribution in [3.63, 3.8) is 0 Å². The molecule has 29 heavy (non-hydrogen) atoms. The molecule has 0 atom stereocenters. The highest BCUT2D eigenvalue weighted by molar-refractivity contribution is 7.99. The monoisotopic (exact) mass is 430 g/mol. The van der Waals surface area contributed by atoms with Crippen LogP contribution in [0, 0.1) is 13.8 Å². The Morgan fingerprint density at radius 3 is 2.66 bits per heavy atom. The van der Waals surface area contributed by atoms with E-state index in [1.165, 1.54) is 16.7 Å². The third kappa shape index (κ3) is 5.64. The van der Waals surface area contributed by atoms with Crippen molar-refractivity contribution in [2.45, 2.75) is 25.5 Å². The van der Waals surface area contributed by atoms with Gasteiger partial charge in [0.15, 0.2) is 0 Å². The van der Waals surface area contributed by atoms with Gasteiger partial charge in [-0.05, 0) is 46.8 Å². The first kappa shape index (κ1) is 21.0. The minimum absolute atomic E-state index is 0.0205. The second-order valence-corrected chi connectivity index (χ2v) is 8.53. The number of rotatable bonds is 8. The van der Waals surface area contributed by atoms with E-state index in [-0.39, 0.29) is 24.1 Å². The van der Waals surface area contributed by atoms with Gasteiger partial charge in [0.2, 0.25) is 17.0 Å². The van der Waals surface area contributed by atoms with Gasteiger partial charge in [-0.2, -0.15) is 0 Å². The zero-order valence-corrected chi connectivity index (χ0v) is 18.1. The second kappa shape index (κ2) is 9.66. The van der Waals surface area contributed by atoms with Gasteiger partial charge in [0.1, 0.15) is 0 Å². The van der Waals surface area contributed by atoms with Crippen LogP contribution in [-0.2, 0) is 16.1 Å². The molecular weight excluding hydrogens is 408 g/mol. The smallest absolute Gasteiger partial charge is 0.243 e. The number of thioether (sulfide) groups is 1. The first-order valence-electron chi connectivity index (χ1n) is 8.95. The summed E-state index contributed by atoms with van der Waals surface area (Å²) in [6.07, 6.45) is 0. The molecule has 0 aliphatic carbocycles. The van der Waals surface area contributed by atoms with Gasteiger partial charge in [-0.1, -0.05) is 36.0 Å². The molecule has 2 heterocycles. The first-order valence-corrected chi connectivity index (χ1v) is 10.8. The number of aromatic nitrogens is 4. The summed E-state index contributed by atoms with van der Waals surface area (Å²) in [5.74, 6) is -0.249. The van der Waals surface area contributed by atoms with Crippen molar-refractivity contribution in [3.05, 3.63) is 51.7 Å². The number of likely N-dealkylation sites (N-methyl/N-ethyl adjacent to an activating group) is 1. The molecule has 0 radical (unpaired) electrons. The summed E-state index contributed by atoms with van der Waals surface area (Å²) in [5.41, 5.74) is 2.77. The van der Waals surface area contributed by atoms with Crippen molar-refractivity contribution < 1.29 is 9.59 Å². The minimum Gasteiger partial charge on any atom is -0.336 e. The summed E-state index contributed by atoms with van der Waals surface area (Å²) in [7, 11) is 1.61. The largest absolute Gasteiger partial charge is 0.336 e. The molecule has 1 aromatic carbocycles. The lowest BCUT2D eigenvalue weighted by atomic mass is 10.1. The molecule has 0 spiro atoms. The fourth-order valence-electron chi connectivity index (χ4n) is 2.68. The van der Waals surface area contributed by atoms with E-state index in [1.54, 1.807) is 23.1 Å². The molecule has 0 saturated carbocycles. The molecule has 0 fully saturated rings. The van der Waals surface area contributed by atoms with Gasteiger partial charge >= 0.3 is 0 Å². The van der Waals surface area contributed by atoms with Gasteiger partial charge in [-0.25, -0.2) is 4.68 Å². The maximum Gasteiger partial charge on any atom is 0.243 e. The topological polar surface area (TPSA) is 93.0 Å². The maximum atomic E-state index is 12.4. The van der Waals surface area contributed by atoms with E-state index < -0.39 is 0 Å². The second-order valence-electron chi connectivity index (χ2n) is 6.55. The normalized spacial score (nSPS) is 10.7. The van der Waals surface area contributed by atoms with Crippen LogP contribution in [0.15, 0.2) is 40.9 Å². The summed E-state index contributed by atoms with van der Waals surface area (Å²) in [6.45, 7) is 4.42. The van der Waals surface area contributed by atoms with Crippen molar-refractivity contribution in [2.75, 3.05) is 24.7 Å². The SMILES string of the molecule is Cc1cccc(C)c1NC(=O)CN(C)C(=O)CSc1nnnn1Cc1cccs1. The van der Waals surface area contributed by atoms with Crippen molar-refractivity contribution in [2.24, 2.45) is 0 Å². The van der Waals surface area contributed by atoms with Gasteiger partial charge in [-0.3, -0.25) is 9.59 Å². The molecule has 0 aliphatic heterocycles. The molecule has 0 saturated heterocycles. The number of carbonyl (C=O) groups is 2. The third-order valence-electron chi connectivity index (χ3n) is 4.26. The highest BCUT2D eigenvalue weighted by Crippen LogP contribution is 2.20. The number of thiophene rings is 1. The van der Waals surface area contributed by atoms with Gasteiger partial charge in [-0.15, -0.1) is 16.4 Å². The van der Waals surface area contributed by atoms with Crippen molar-refractivity contribution in [1.29, 1.82) is 0 Å². The number of nitrogens with one attached hydrogen (secondary N) is 1. The predicted molar refractivity (Wildman–Crippen MR) is 114 cm³/mol. The lowest BCUT2D eigenvalue weighted by molar-refractivity contribution is -0.131. The highest BCUT2D eigenvalue weighted by atomic mass is 32.2. The zero-order valence-electron chi connectivity index (χ0n) is 16.5. The van der Waals surface area contributed by atoms with Gasteiger partial charge in [0, 0.05) is 17.6 Å². The molecule has 3 rings (SSSR count). The molecule has 152 valence electrons. The van der Waals surface area contributed by atoms with Crippen molar-refractivity contribution in [3.8, 4) is 0 Å². The average Bonchev–Trinajstić information content (AvgIpc) is 3.35. The van der Waals surface area contributed by atoms with E-state index in [2.05, 4.69) is 20.8 Å². The summed E-state index contributed by atoms with van der Waals surface area (Å²) in [6, 6.07) is 9.80. The fourth-order valence-corrected chi connectivity index (χ4v) is 4.18. The molecule has 1 N–H and O–H groups in total. The van der Waals surface area contributed by atoms with E-state index >= 15 is 0 Å². The van der Waals surface area contributed by atoms with E-state index in [4.69, 9.17) is 0 Å². The van der Waals surface area contributed by atoms with Gasteiger partial charge < -0.3 is 10.2 Å². The number of anilines is 1. The Bertz CT molecular complexity index is 966. The van der Waals surface area contributed by atoms with Crippen LogP contribution < -0.4 is 5.32 Å². The van der Waals surface area contributed by atoms with Gasteiger partial charge in [0.25, 0.3) is 0 Å². The van der Waals surface area contributed by atoms with E-state index in [9.17, 15) is 9.59 Å². The quantitative estimate of drug-likeness (QED) is 0.552. The number of nitrogens with zero attached hydrogens (tertiary/aromatic N) is 5. The molecule has 0 bridgehead atoms. The Morgan fingerprint density at radius 1 is 1.21 bits per heavy atom. The molecular formula is C19H22N6O2S2. The molecule has 3 aromatic rings. The molecule has 2 aromatic heterocycles. The van der Waals surface area contributed by atoms with Gasteiger partial charge in [0.05, 0.1) is 18.8 Å². The highest BCUT2D eigenvalue weighted by Gasteiger charge is 2.17. The Morgan fingerprint density at radius 2 is 1.97 bits per heavy atom. The first-order chi connectivity index (χ1) is 13.9.